The molecular formula is C23H27Cl2N3O3S. The molecule has 1 N–H and O–H groups in total. The molecule has 2 aliphatic rings. The zero-order valence-electron chi connectivity index (χ0n) is 17.8. The summed E-state index contributed by atoms with van der Waals surface area (Å²) in [5, 5.41) is 3.66. The van der Waals surface area contributed by atoms with E-state index in [-0.39, 0.29) is 24.1 Å². The van der Waals surface area contributed by atoms with Crippen molar-refractivity contribution in [2.24, 2.45) is 5.92 Å². The first-order valence-corrected chi connectivity index (χ1v) is 13.3. The van der Waals surface area contributed by atoms with Crippen LogP contribution in [0, 0.1) is 5.92 Å². The third-order valence-corrected chi connectivity index (χ3v) is 8.64. The molecule has 2 aliphatic heterocycles. The summed E-state index contributed by atoms with van der Waals surface area (Å²) in [6.45, 7) is 2.74. The van der Waals surface area contributed by atoms with Crippen molar-refractivity contribution in [2.75, 3.05) is 36.4 Å². The zero-order valence-corrected chi connectivity index (χ0v) is 20.1. The number of anilines is 2. The van der Waals surface area contributed by atoms with E-state index in [4.69, 9.17) is 23.2 Å². The third kappa shape index (κ3) is 5.57. The highest BCUT2D eigenvalue weighted by Gasteiger charge is 2.32. The first-order chi connectivity index (χ1) is 15.3. The Morgan fingerprint density at radius 3 is 2.38 bits per heavy atom. The van der Waals surface area contributed by atoms with Crippen molar-refractivity contribution in [2.45, 2.75) is 31.4 Å². The molecule has 2 aromatic rings. The molecule has 0 bridgehead atoms. The summed E-state index contributed by atoms with van der Waals surface area (Å²) < 4.78 is 27.3. The molecule has 2 saturated heterocycles. The summed E-state index contributed by atoms with van der Waals surface area (Å²) in [5.41, 5.74) is 2.47. The van der Waals surface area contributed by atoms with Crippen molar-refractivity contribution in [3.8, 4) is 0 Å². The van der Waals surface area contributed by atoms with E-state index in [0.29, 0.717) is 35.0 Å². The number of benzene rings is 2. The smallest absolute Gasteiger partial charge is 0.228 e. The monoisotopic (exact) mass is 495 g/mol. The first-order valence-electron chi connectivity index (χ1n) is 10.9. The average Bonchev–Trinajstić information content (AvgIpc) is 3.32. The number of sulfonamides is 1. The van der Waals surface area contributed by atoms with E-state index in [9.17, 15) is 13.2 Å². The maximum atomic E-state index is 13.0. The fourth-order valence-corrected chi connectivity index (χ4v) is 6.23. The minimum atomic E-state index is -3.57. The Balaban J connectivity index is 1.37. The van der Waals surface area contributed by atoms with Gasteiger partial charge in [-0.05, 0) is 67.6 Å². The Morgan fingerprint density at radius 2 is 1.69 bits per heavy atom. The Labute approximate surface area is 199 Å². The molecular weight excluding hydrogens is 469 g/mol. The number of amides is 1. The second-order valence-corrected chi connectivity index (χ2v) is 11.2. The lowest BCUT2D eigenvalue weighted by atomic mass is 9.98. The lowest BCUT2D eigenvalue weighted by Gasteiger charge is -2.31. The normalized spacial score (nSPS) is 19.8. The number of hydrogen-bond acceptors (Lipinski definition) is 4. The number of carbonyl (C=O) groups is 1. The van der Waals surface area contributed by atoms with Crippen LogP contribution in [0.4, 0.5) is 11.4 Å². The molecule has 0 aliphatic carbocycles. The molecule has 172 valence electrons. The highest BCUT2D eigenvalue weighted by atomic mass is 35.5. The van der Waals surface area contributed by atoms with E-state index in [0.717, 1.165) is 24.5 Å². The van der Waals surface area contributed by atoms with Crippen LogP contribution in [0.5, 0.6) is 0 Å². The Kier molecular flexibility index (Phi) is 7.30. The predicted molar refractivity (Wildman–Crippen MR) is 130 cm³/mol. The van der Waals surface area contributed by atoms with Gasteiger partial charge in [-0.3, -0.25) is 4.79 Å². The first kappa shape index (κ1) is 23.4. The van der Waals surface area contributed by atoms with Gasteiger partial charge in [-0.1, -0.05) is 29.3 Å². The fourth-order valence-electron chi connectivity index (χ4n) is 4.32. The van der Waals surface area contributed by atoms with E-state index in [1.807, 2.05) is 24.3 Å². The minimum absolute atomic E-state index is 0.145. The van der Waals surface area contributed by atoms with Gasteiger partial charge in [0.1, 0.15) is 0 Å². The molecule has 0 radical (unpaired) electrons. The standard InChI is InChI=1S/C23H27Cl2N3O3S/c24-21-10-5-17(14-22(21)25)16-32(30,31)28-13-3-4-18(15-28)23(29)26-19-6-8-20(9-7-19)27-11-1-2-12-27/h5-10,14,18H,1-4,11-13,15-16H2,(H,26,29). The van der Waals surface area contributed by atoms with E-state index in [2.05, 4.69) is 10.2 Å². The molecule has 2 aromatic carbocycles. The Hall–Kier alpha value is -1.80. The van der Waals surface area contributed by atoms with Crippen LogP contribution in [-0.2, 0) is 20.6 Å². The maximum absolute atomic E-state index is 13.0. The zero-order chi connectivity index (χ0) is 22.7. The van der Waals surface area contributed by atoms with Crippen LogP contribution in [0.3, 0.4) is 0 Å². The van der Waals surface area contributed by atoms with E-state index >= 15 is 0 Å². The summed E-state index contributed by atoms with van der Waals surface area (Å²) in [6, 6.07) is 12.7. The molecule has 1 atom stereocenters. The maximum Gasteiger partial charge on any atom is 0.228 e. The molecule has 9 heteroatoms. The molecule has 6 nitrogen and oxygen atoms in total. The van der Waals surface area contributed by atoms with Gasteiger partial charge in [0, 0.05) is 37.6 Å². The van der Waals surface area contributed by atoms with Gasteiger partial charge < -0.3 is 10.2 Å². The molecule has 1 unspecified atom stereocenters. The van der Waals surface area contributed by atoms with E-state index < -0.39 is 10.0 Å². The van der Waals surface area contributed by atoms with Gasteiger partial charge >= 0.3 is 0 Å². The molecule has 2 heterocycles. The van der Waals surface area contributed by atoms with Crippen molar-refractivity contribution in [1.82, 2.24) is 4.31 Å². The second-order valence-electron chi connectivity index (χ2n) is 8.43. The summed E-state index contributed by atoms with van der Waals surface area (Å²) >= 11 is 11.9. The van der Waals surface area contributed by atoms with Gasteiger partial charge in [0.15, 0.2) is 0 Å². The number of nitrogens with zero attached hydrogens (tertiary/aromatic N) is 2. The lowest BCUT2D eigenvalue weighted by Crippen LogP contribution is -2.44. The minimum Gasteiger partial charge on any atom is -0.372 e. The number of halogens is 2. The number of rotatable bonds is 6. The lowest BCUT2D eigenvalue weighted by molar-refractivity contribution is -0.120. The van der Waals surface area contributed by atoms with Crippen LogP contribution in [0.2, 0.25) is 10.0 Å². The summed E-state index contributed by atoms with van der Waals surface area (Å²) in [5.74, 6) is -0.699. The average molecular weight is 496 g/mol. The van der Waals surface area contributed by atoms with E-state index in [1.165, 1.54) is 17.1 Å². The van der Waals surface area contributed by atoms with Gasteiger partial charge in [0.05, 0.1) is 21.7 Å². The molecule has 1 amide bonds. The van der Waals surface area contributed by atoms with Gasteiger partial charge in [-0.15, -0.1) is 0 Å². The van der Waals surface area contributed by atoms with E-state index in [1.54, 1.807) is 18.2 Å². The van der Waals surface area contributed by atoms with Crippen molar-refractivity contribution < 1.29 is 13.2 Å². The van der Waals surface area contributed by atoms with Crippen molar-refractivity contribution >= 4 is 50.5 Å². The third-order valence-electron chi connectivity index (χ3n) is 6.09. The van der Waals surface area contributed by atoms with Gasteiger partial charge in [-0.2, -0.15) is 0 Å². The molecule has 0 aromatic heterocycles. The van der Waals surface area contributed by atoms with Gasteiger partial charge in [0.25, 0.3) is 0 Å². The van der Waals surface area contributed by atoms with Crippen LogP contribution in [0.25, 0.3) is 0 Å². The summed E-state index contributed by atoms with van der Waals surface area (Å²) in [4.78, 5) is 15.2. The number of hydrogen-bond donors (Lipinski definition) is 1. The summed E-state index contributed by atoms with van der Waals surface area (Å²) in [6.07, 6.45) is 3.73. The number of carbonyl (C=O) groups excluding carboxylic acids is 1. The van der Waals surface area contributed by atoms with Crippen molar-refractivity contribution in [3.05, 3.63) is 58.1 Å². The SMILES string of the molecule is O=C(Nc1ccc(N2CCCC2)cc1)C1CCCN(S(=O)(=O)Cc2ccc(Cl)c(Cl)c2)C1. The predicted octanol–water partition coefficient (Wildman–Crippen LogP) is 4.77. The van der Waals surface area contributed by atoms with Crippen molar-refractivity contribution in [3.63, 3.8) is 0 Å². The quantitative estimate of drug-likeness (QED) is 0.626. The van der Waals surface area contributed by atoms with Crippen LogP contribution in [0.15, 0.2) is 42.5 Å². The number of piperidine rings is 1. The number of nitrogens with one attached hydrogen (secondary N) is 1. The van der Waals surface area contributed by atoms with Crippen molar-refractivity contribution in [1.29, 1.82) is 0 Å². The van der Waals surface area contributed by atoms with Crippen LogP contribution < -0.4 is 10.2 Å². The molecule has 2 fully saturated rings. The Morgan fingerprint density at radius 1 is 0.969 bits per heavy atom. The largest absolute Gasteiger partial charge is 0.372 e. The highest BCUT2D eigenvalue weighted by Crippen LogP contribution is 2.27. The van der Waals surface area contributed by atoms with Gasteiger partial charge in [-0.25, -0.2) is 12.7 Å². The summed E-state index contributed by atoms with van der Waals surface area (Å²) in [7, 11) is -3.57. The molecule has 4 rings (SSSR count). The van der Waals surface area contributed by atoms with Crippen LogP contribution in [0.1, 0.15) is 31.2 Å². The molecule has 32 heavy (non-hydrogen) atoms. The highest BCUT2D eigenvalue weighted by molar-refractivity contribution is 7.88. The van der Waals surface area contributed by atoms with Gasteiger partial charge in [0.2, 0.25) is 15.9 Å². The second kappa shape index (κ2) is 10.00. The topological polar surface area (TPSA) is 69.7 Å². The van der Waals surface area contributed by atoms with Crippen LogP contribution >= 0.6 is 23.2 Å². The molecule has 0 spiro atoms. The fraction of sp³-hybridized carbons (Fsp3) is 0.435. The molecule has 0 saturated carbocycles. The van der Waals surface area contributed by atoms with Crippen LogP contribution in [-0.4, -0.2) is 44.8 Å². The Bertz CT molecular complexity index is 1070.